The molecule has 9 heavy (non-hydrogen) atoms. The summed E-state index contributed by atoms with van der Waals surface area (Å²) >= 11 is 0. The quantitative estimate of drug-likeness (QED) is 0.408. The Labute approximate surface area is 52.8 Å². The molecule has 1 aliphatic heterocycles. The molecule has 1 saturated heterocycles. The van der Waals surface area contributed by atoms with Crippen molar-refractivity contribution < 1.29 is 4.79 Å². The predicted molar refractivity (Wildman–Crippen MR) is 30.1 cm³/mol. The van der Waals surface area contributed by atoms with Gasteiger partial charge in [-0.3, -0.25) is 4.79 Å². The largest absolute Gasteiger partial charge is 0.326 e. The minimum absolute atomic E-state index is 0.151. The van der Waals surface area contributed by atoms with Gasteiger partial charge in [0.15, 0.2) is 0 Å². The molecule has 0 aromatic carbocycles. The Morgan fingerprint density at radius 1 is 1.89 bits per heavy atom. The van der Waals surface area contributed by atoms with Crippen LogP contribution in [0.1, 0.15) is 0 Å². The summed E-state index contributed by atoms with van der Waals surface area (Å²) in [5, 5.41) is 8.32. The van der Waals surface area contributed by atoms with Gasteiger partial charge in [0.1, 0.15) is 12.1 Å². The Morgan fingerprint density at radius 3 is 2.67 bits per heavy atom. The first-order valence-electron chi connectivity index (χ1n) is 2.60. The molecule has 1 amide bonds. The molecule has 4 nitrogen and oxygen atoms in total. The molecule has 0 unspecified atom stereocenters. The number of nitriles is 1. The van der Waals surface area contributed by atoms with Gasteiger partial charge in [0.05, 0.1) is 6.07 Å². The van der Waals surface area contributed by atoms with Crippen molar-refractivity contribution in [2.24, 2.45) is 5.73 Å². The lowest BCUT2D eigenvalue weighted by molar-refractivity contribution is -0.143. The molecule has 2 atom stereocenters. The first-order valence-corrected chi connectivity index (χ1v) is 2.60. The van der Waals surface area contributed by atoms with Gasteiger partial charge in [-0.15, -0.1) is 0 Å². The van der Waals surface area contributed by atoms with Gasteiger partial charge in [-0.2, -0.15) is 5.26 Å². The third-order valence-corrected chi connectivity index (χ3v) is 1.52. The van der Waals surface area contributed by atoms with Crippen LogP contribution in [0.15, 0.2) is 0 Å². The maximum absolute atomic E-state index is 10.6. The van der Waals surface area contributed by atoms with E-state index in [1.54, 1.807) is 7.05 Å². The van der Waals surface area contributed by atoms with Crippen LogP contribution < -0.4 is 5.73 Å². The lowest BCUT2D eigenvalue weighted by Gasteiger charge is -2.37. The summed E-state index contributed by atoms with van der Waals surface area (Å²) in [5.41, 5.74) is 5.25. The maximum Gasteiger partial charge on any atom is 0.243 e. The summed E-state index contributed by atoms with van der Waals surface area (Å²) < 4.78 is 0. The summed E-state index contributed by atoms with van der Waals surface area (Å²) in [4.78, 5) is 11.9. The van der Waals surface area contributed by atoms with Crippen LogP contribution in [0.4, 0.5) is 0 Å². The Balaban J connectivity index is 2.64. The van der Waals surface area contributed by atoms with Crippen molar-refractivity contribution in [2.45, 2.75) is 12.1 Å². The molecule has 0 spiro atoms. The number of amides is 1. The molecule has 0 radical (unpaired) electrons. The second kappa shape index (κ2) is 1.71. The second-order valence-electron chi connectivity index (χ2n) is 2.05. The van der Waals surface area contributed by atoms with Crippen LogP contribution in [-0.4, -0.2) is 29.9 Å². The normalized spacial score (nSPS) is 33.4. The summed E-state index contributed by atoms with van der Waals surface area (Å²) in [6.07, 6.45) is 0. The van der Waals surface area contributed by atoms with Crippen molar-refractivity contribution in [3.8, 4) is 6.07 Å². The van der Waals surface area contributed by atoms with Crippen LogP contribution in [-0.2, 0) is 4.79 Å². The van der Waals surface area contributed by atoms with E-state index in [9.17, 15) is 4.79 Å². The Morgan fingerprint density at radius 2 is 2.44 bits per heavy atom. The van der Waals surface area contributed by atoms with E-state index in [1.807, 2.05) is 6.07 Å². The molecule has 0 aromatic heterocycles. The summed E-state index contributed by atoms with van der Waals surface area (Å²) in [7, 11) is 1.57. The molecule has 48 valence electrons. The number of carbonyl (C=O) groups excluding carboxylic acids is 1. The highest BCUT2D eigenvalue weighted by atomic mass is 16.2. The van der Waals surface area contributed by atoms with Crippen molar-refractivity contribution in [1.82, 2.24) is 4.90 Å². The predicted octanol–water partition coefficient (Wildman–Crippen LogP) is -1.32. The molecule has 1 fully saturated rings. The van der Waals surface area contributed by atoms with Gasteiger partial charge in [0.25, 0.3) is 0 Å². The summed E-state index contributed by atoms with van der Waals surface area (Å²) in [6.45, 7) is 0. The van der Waals surface area contributed by atoms with Gasteiger partial charge >= 0.3 is 0 Å². The van der Waals surface area contributed by atoms with E-state index < -0.39 is 12.1 Å². The van der Waals surface area contributed by atoms with Crippen molar-refractivity contribution in [2.75, 3.05) is 7.05 Å². The first-order chi connectivity index (χ1) is 4.18. The van der Waals surface area contributed by atoms with Crippen molar-refractivity contribution in [3.63, 3.8) is 0 Å². The SMILES string of the molecule is CN1C(=O)[C@@H](N)[C@H]1C#N. The topological polar surface area (TPSA) is 70.1 Å². The van der Waals surface area contributed by atoms with Gasteiger partial charge in [-0.05, 0) is 0 Å². The molecule has 0 aromatic rings. The molecule has 1 aliphatic rings. The van der Waals surface area contributed by atoms with Gasteiger partial charge in [-0.1, -0.05) is 0 Å². The molecule has 2 N–H and O–H groups in total. The van der Waals surface area contributed by atoms with Crippen LogP contribution in [0.2, 0.25) is 0 Å². The maximum atomic E-state index is 10.6. The second-order valence-corrected chi connectivity index (χ2v) is 2.05. The third kappa shape index (κ3) is 0.585. The number of rotatable bonds is 0. The molecule has 0 saturated carbocycles. The van der Waals surface area contributed by atoms with Gasteiger partial charge in [-0.25, -0.2) is 0 Å². The number of hydrogen-bond donors (Lipinski definition) is 1. The van der Waals surface area contributed by atoms with Gasteiger partial charge in [0, 0.05) is 7.05 Å². The molecule has 4 heteroatoms. The van der Waals surface area contributed by atoms with Crippen molar-refractivity contribution in [3.05, 3.63) is 0 Å². The van der Waals surface area contributed by atoms with Crippen LogP contribution in [0, 0.1) is 11.3 Å². The third-order valence-electron chi connectivity index (χ3n) is 1.52. The van der Waals surface area contributed by atoms with E-state index >= 15 is 0 Å². The Kier molecular flexibility index (Phi) is 1.15. The Bertz CT molecular complexity index is 171. The lowest BCUT2D eigenvalue weighted by Crippen LogP contribution is -2.66. The fourth-order valence-electron chi connectivity index (χ4n) is 0.833. The van der Waals surface area contributed by atoms with E-state index in [2.05, 4.69) is 0 Å². The number of hydrogen-bond acceptors (Lipinski definition) is 3. The smallest absolute Gasteiger partial charge is 0.243 e. The number of carbonyl (C=O) groups is 1. The van der Waals surface area contributed by atoms with E-state index in [4.69, 9.17) is 11.0 Å². The van der Waals surface area contributed by atoms with E-state index in [0.717, 1.165) is 0 Å². The zero-order valence-electron chi connectivity index (χ0n) is 5.03. The molecule has 0 aliphatic carbocycles. The van der Waals surface area contributed by atoms with Crippen LogP contribution in [0.5, 0.6) is 0 Å². The summed E-state index contributed by atoms with van der Waals surface area (Å²) in [5.74, 6) is -0.151. The fourth-order valence-corrected chi connectivity index (χ4v) is 0.833. The Hall–Kier alpha value is -1.08. The van der Waals surface area contributed by atoms with E-state index in [1.165, 1.54) is 4.90 Å². The molecule has 1 heterocycles. The molecule has 1 rings (SSSR count). The zero-order chi connectivity index (χ0) is 7.02. The number of likely N-dealkylation sites (tertiary alicyclic amines) is 1. The molecular weight excluding hydrogens is 118 g/mol. The molecular formula is C5H7N3O. The zero-order valence-corrected chi connectivity index (χ0v) is 5.03. The first kappa shape index (κ1) is 6.05. The fraction of sp³-hybridized carbons (Fsp3) is 0.600. The molecule has 0 bridgehead atoms. The van der Waals surface area contributed by atoms with Gasteiger partial charge in [0.2, 0.25) is 5.91 Å². The highest BCUT2D eigenvalue weighted by Crippen LogP contribution is 2.13. The van der Waals surface area contributed by atoms with E-state index in [-0.39, 0.29) is 5.91 Å². The van der Waals surface area contributed by atoms with Crippen LogP contribution in [0.3, 0.4) is 0 Å². The highest BCUT2D eigenvalue weighted by molar-refractivity contribution is 5.89. The summed E-state index contributed by atoms with van der Waals surface area (Å²) in [6, 6.07) is 0.923. The number of likely N-dealkylation sites (N-methyl/N-ethyl adjacent to an activating group) is 1. The minimum atomic E-state index is -0.583. The monoisotopic (exact) mass is 125 g/mol. The average Bonchev–Trinajstić information content (AvgIpc) is 1.89. The standard InChI is InChI=1S/C5H7N3O/c1-8-3(2-6)4(7)5(8)9/h3-4H,7H2,1H3/t3-,4+/m1/s1. The highest BCUT2D eigenvalue weighted by Gasteiger charge is 2.42. The van der Waals surface area contributed by atoms with Gasteiger partial charge < -0.3 is 10.6 Å². The number of β-lactam (4-membered cyclic amide) rings is 1. The number of nitrogens with two attached hydrogens (primary N) is 1. The van der Waals surface area contributed by atoms with Crippen LogP contribution >= 0.6 is 0 Å². The number of nitrogens with zero attached hydrogens (tertiary/aromatic N) is 2. The lowest BCUT2D eigenvalue weighted by atomic mass is 9.99. The minimum Gasteiger partial charge on any atom is -0.326 e. The van der Waals surface area contributed by atoms with Crippen molar-refractivity contribution in [1.29, 1.82) is 5.26 Å². The van der Waals surface area contributed by atoms with E-state index in [0.29, 0.717) is 0 Å². The van der Waals surface area contributed by atoms with Crippen LogP contribution in [0.25, 0.3) is 0 Å². The van der Waals surface area contributed by atoms with Crippen molar-refractivity contribution >= 4 is 5.91 Å². The average molecular weight is 125 g/mol.